The molecule has 0 heterocycles. The highest BCUT2D eigenvalue weighted by Crippen LogP contribution is 2.44. The number of ether oxygens (including phenoxy) is 2. The van der Waals surface area contributed by atoms with Crippen LogP contribution in [-0.2, 0) is 11.4 Å². The third-order valence-electron chi connectivity index (χ3n) is 5.07. The molecule has 3 amide bonds. The number of hydrogen-bond acceptors (Lipinski definition) is 8. The van der Waals surface area contributed by atoms with Crippen LogP contribution in [0.5, 0.6) is 11.5 Å². The van der Waals surface area contributed by atoms with E-state index in [1.165, 1.54) is 38.3 Å². The Morgan fingerprint density at radius 1 is 1.08 bits per heavy atom. The summed E-state index contributed by atoms with van der Waals surface area (Å²) in [4.78, 5) is 26.2. The molecular weight excluding hydrogens is 535 g/mol. The van der Waals surface area contributed by atoms with Crippen molar-refractivity contribution in [2.75, 3.05) is 43.9 Å². The SMILES string of the molecule is C=CC(=O)Nc1cc(CO)ccc1NC(=C)C=C(NCN)N(C)C(=O)Nc1c(Cl)c(OC)cc(OC)c1Cl. The molecule has 0 radical (unpaired) electrons. The highest BCUT2D eigenvalue weighted by atomic mass is 35.5. The molecule has 0 atom stereocenters. The number of nitrogens with one attached hydrogen (secondary N) is 4. The van der Waals surface area contributed by atoms with E-state index in [1.54, 1.807) is 18.2 Å². The molecule has 2 rings (SSSR count). The fourth-order valence-electron chi connectivity index (χ4n) is 3.13. The Labute approximate surface area is 230 Å². The van der Waals surface area contributed by atoms with E-state index in [2.05, 4.69) is 34.4 Å². The first kappa shape index (κ1) is 30.3. The summed E-state index contributed by atoms with van der Waals surface area (Å²) < 4.78 is 10.5. The molecule has 0 unspecified atom stereocenters. The number of halogens is 2. The van der Waals surface area contributed by atoms with Gasteiger partial charge in [-0.05, 0) is 23.8 Å². The molecule has 2 aromatic carbocycles. The highest BCUT2D eigenvalue weighted by Gasteiger charge is 2.22. The number of anilines is 3. The molecule has 11 nitrogen and oxygen atoms in total. The number of rotatable bonds is 12. The van der Waals surface area contributed by atoms with Gasteiger partial charge >= 0.3 is 6.03 Å². The van der Waals surface area contributed by atoms with E-state index in [1.807, 2.05) is 0 Å². The Kier molecular flexibility index (Phi) is 11.3. The number of aliphatic hydroxyl groups is 1. The maximum Gasteiger partial charge on any atom is 0.327 e. The molecule has 2 aromatic rings. The topological polar surface area (TPSA) is 150 Å². The molecule has 38 heavy (non-hydrogen) atoms. The predicted molar refractivity (Wildman–Crippen MR) is 151 cm³/mol. The number of allylic oxidation sites excluding steroid dienone is 1. The average Bonchev–Trinajstić information content (AvgIpc) is 2.91. The molecule has 0 fully saturated rings. The van der Waals surface area contributed by atoms with Crippen molar-refractivity contribution < 1.29 is 24.2 Å². The van der Waals surface area contributed by atoms with Crippen LogP contribution in [0.3, 0.4) is 0 Å². The lowest BCUT2D eigenvalue weighted by molar-refractivity contribution is -0.111. The normalized spacial score (nSPS) is 10.8. The fraction of sp³-hybridized carbons (Fsp3) is 0.200. The molecule has 0 spiro atoms. The molecule has 0 aliphatic rings. The lowest BCUT2D eigenvalue weighted by Crippen LogP contribution is -2.38. The lowest BCUT2D eigenvalue weighted by atomic mass is 10.1. The number of carbonyl (C=O) groups excluding carboxylic acids is 2. The Bertz CT molecular complexity index is 1220. The molecule has 0 saturated carbocycles. The quantitative estimate of drug-likeness (QED) is 0.128. The Morgan fingerprint density at radius 2 is 1.71 bits per heavy atom. The highest BCUT2D eigenvalue weighted by molar-refractivity contribution is 6.41. The van der Waals surface area contributed by atoms with Gasteiger partial charge in [0, 0.05) is 24.9 Å². The zero-order valence-corrected chi connectivity index (χ0v) is 22.7. The summed E-state index contributed by atoms with van der Waals surface area (Å²) in [7, 11) is 4.33. The minimum atomic E-state index is -0.615. The summed E-state index contributed by atoms with van der Waals surface area (Å²) in [6.45, 7) is 7.20. The van der Waals surface area contributed by atoms with Crippen LogP contribution in [0.15, 0.2) is 61.1 Å². The minimum Gasteiger partial charge on any atom is -0.495 e. The molecule has 0 aliphatic heterocycles. The van der Waals surface area contributed by atoms with Crippen LogP contribution in [-0.4, -0.2) is 49.9 Å². The van der Waals surface area contributed by atoms with Gasteiger partial charge in [0.15, 0.2) is 0 Å². The van der Waals surface area contributed by atoms with Crippen LogP contribution < -0.4 is 36.5 Å². The second-order valence-electron chi connectivity index (χ2n) is 7.57. The Morgan fingerprint density at radius 3 is 2.24 bits per heavy atom. The number of methoxy groups -OCH3 is 2. The number of aliphatic hydroxyl groups excluding tert-OH is 1. The number of urea groups is 1. The van der Waals surface area contributed by atoms with Crippen molar-refractivity contribution in [1.29, 1.82) is 0 Å². The van der Waals surface area contributed by atoms with Gasteiger partial charge in [0.25, 0.3) is 0 Å². The largest absolute Gasteiger partial charge is 0.495 e. The number of hydrogen-bond donors (Lipinski definition) is 6. The van der Waals surface area contributed by atoms with E-state index in [4.69, 9.17) is 38.4 Å². The van der Waals surface area contributed by atoms with Gasteiger partial charge in [-0.2, -0.15) is 0 Å². The first-order valence-electron chi connectivity index (χ1n) is 11.0. The molecule has 204 valence electrons. The smallest absolute Gasteiger partial charge is 0.327 e. The van der Waals surface area contributed by atoms with Crippen LogP contribution in [0, 0.1) is 0 Å². The Balaban J connectivity index is 2.32. The summed E-state index contributed by atoms with van der Waals surface area (Å²) >= 11 is 12.7. The summed E-state index contributed by atoms with van der Waals surface area (Å²) in [5.74, 6) is 0.350. The molecule has 0 aromatic heterocycles. The third kappa shape index (κ3) is 7.56. The molecular formula is C25H30Cl2N6O5. The van der Waals surface area contributed by atoms with Gasteiger partial charge in [-0.25, -0.2) is 4.79 Å². The summed E-state index contributed by atoms with van der Waals surface area (Å²) in [6, 6.07) is 5.83. The van der Waals surface area contributed by atoms with Crippen LogP contribution in [0.25, 0.3) is 0 Å². The number of benzene rings is 2. The second-order valence-corrected chi connectivity index (χ2v) is 8.32. The van der Waals surface area contributed by atoms with Gasteiger partial charge in [0.1, 0.15) is 27.4 Å². The van der Waals surface area contributed by atoms with Crippen molar-refractivity contribution in [3.8, 4) is 11.5 Å². The monoisotopic (exact) mass is 564 g/mol. The first-order chi connectivity index (χ1) is 18.1. The van der Waals surface area contributed by atoms with Crippen molar-refractivity contribution in [3.05, 3.63) is 76.7 Å². The zero-order chi connectivity index (χ0) is 28.4. The van der Waals surface area contributed by atoms with Crippen LogP contribution in [0.4, 0.5) is 21.9 Å². The van der Waals surface area contributed by atoms with Gasteiger partial charge in [0.05, 0.1) is 44.6 Å². The molecule has 0 bridgehead atoms. The van der Waals surface area contributed by atoms with E-state index < -0.39 is 11.9 Å². The van der Waals surface area contributed by atoms with E-state index in [-0.39, 0.29) is 46.3 Å². The van der Waals surface area contributed by atoms with E-state index in [9.17, 15) is 14.7 Å². The van der Waals surface area contributed by atoms with E-state index >= 15 is 0 Å². The maximum atomic E-state index is 13.1. The standard InChI is InChI=1S/C25H30Cl2N6O5/c1-6-21(35)31-17-10-15(12-34)7-8-16(17)30-14(2)9-20(29-13-28)33(3)25(36)32-24-22(26)18(37-4)11-19(38-5)23(24)27/h6-11,29-30,34H,1-2,12-13,28H2,3-5H3,(H,31,35)(H,32,36). The zero-order valence-electron chi connectivity index (χ0n) is 21.2. The summed E-state index contributed by atoms with van der Waals surface area (Å²) in [6.07, 6.45) is 2.65. The maximum absolute atomic E-state index is 13.1. The molecule has 13 heteroatoms. The van der Waals surface area contributed by atoms with Crippen molar-refractivity contribution in [2.45, 2.75) is 6.61 Å². The summed E-state index contributed by atoms with van der Waals surface area (Å²) in [5.41, 5.74) is 7.58. The van der Waals surface area contributed by atoms with Crippen molar-refractivity contribution in [1.82, 2.24) is 10.2 Å². The Hall–Kier alpha value is -3.90. The van der Waals surface area contributed by atoms with Crippen LogP contribution >= 0.6 is 23.2 Å². The first-order valence-corrected chi connectivity index (χ1v) is 11.8. The average molecular weight is 565 g/mol. The number of nitrogens with two attached hydrogens (primary N) is 1. The lowest BCUT2D eigenvalue weighted by Gasteiger charge is -2.24. The van der Waals surface area contributed by atoms with Gasteiger partial charge in [-0.1, -0.05) is 42.4 Å². The number of amides is 3. The number of nitrogens with zero attached hydrogens (tertiary/aromatic N) is 1. The fourth-order valence-corrected chi connectivity index (χ4v) is 3.72. The van der Waals surface area contributed by atoms with E-state index in [0.29, 0.717) is 22.6 Å². The minimum absolute atomic E-state index is 0.00291. The molecule has 7 N–H and O–H groups in total. The van der Waals surface area contributed by atoms with Crippen molar-refractivity contribution in [3.63, 3.8) is 0 Å². The van der Waals surface area contributed by atoms with Gasteiger partial charge < -0.3 is 41.6 Å². The molecule has 0 saturated heterocycles. The van der Waals surface area contributed by atoms with Gasteiger partial charge in [-0.3, -0.25) is 9.69 Å². The van der Waals surface area contributed by atoms with Crippen molar-refractivity contribution >= 4 is 52.2 Å². The van der Waals surface area contributed by atoms with E-state index in [0.717, 1.165) is 6.08 Å². The van der Waals surface area contributed by atoms with Gasteiger partial charge in [-0.15, -0.1) is 0 Å². The predicted octanol–water partition coefficient (Wildman–Crippen LogP) is 4.06. The van der Waals surface area contributed by atoms with Crippen LogP contribution in [0.2, 0.25) is 10.0 Å². The molecule has 0 aliphatic carbocycles. The number of carbonyl (C=O) groups is 2. The van der Waals surface area contributed by atoms with Crippen molar-refractivity contribution in [2.24, 2.45) is 5.73 Å². The second kappa shape index (κ2) is 14.1. The summed E-state index contributed by atoms with van der Waals surface area (Å²) in [5, 5.41) is 20.9. The van der Waals surface area contributed by atoms with Gasteiger partial charge in [0.2, 0.25) is 5.91 Å². The van der Waals surface area contributed by atoms with Crippen LogP contribution in [0.1, 0.15) is 5.56 Å². The third-order valence-corrected chi connectivity index (χ3v) is 5.82.